The molecule has 2 unspecified atom stereocenters. The van der Waals surface area contributed by atoms with Crippen LogP contribution in [0.1, 0.15) is 49.6 Å². The van der Waals surface area contributed by atoms with E-state index in [9.17, 15) is 4.39 Å². The summed E-state index contributed by atoms with van der Waals surface area (Å²) >= 11 is 0. The Morgan fingerprint density at radius 1 is 1.11 bits per heavy atom. The molecule has 0 amide bonds. The number of rotatable bonds is 4. The number of nitrogens with one attached hydrogen (secondary N) is 1. The molecule has 2 aliphatic heterocycles. The summed E-state index contributed by atoms with van der Waals surface area (Å²) in [5.41, 5.74) is 7.06. The molecule has 0 saturated carbocycles. The van der Waals surface area contributed by atoms with Gasteiger partial charge < -0.3 is 10.1 Å². The van der Waals surface area contributed by atoms with Gasteiger partial charge in [-0.05, 0) is 92.2 Å². The number of ether oxygens (including phenoxy) is 1. The highest BCUT2D eigenvalue weighted by molar-refractivity contribution is 5.95. The van der Waals surface area contributed by atoms with Crippen LogP contribution in [0.5, 0.6) is 0 Å². The van der Waals surface area contributed by atoms with Gasteiger partial charge in [0, 0.05) is 29.8 Å². The highest BCUT2D eigenvalue weighted by Crippen LogP contribution is 2.35. The van der Waals surface area contributed by atoms with E-state index in [2.05, 4.69) is 45.7 Å². The molecule has 0 bridgehead atoms. The summed E-state index contributed by atoms with van der Waals surface area (Å²) in [6.07, 6.45) is 7.27. The van der Waals surface area contributed by atoms with E-state index >= 15 is 0 Å². The maximum absolute atomic E-state index is 14.6. The highest BCUT2D eigenvalue weighted by atomic mass is 19.1. The van der Waals surface area contributed by atoms with E-state index in [1.165, 1.54) is 17.3 Å². The SMILES string of the molecule is CC1NCCc2ccc(-n3cc(-c4nn(C5CCCCO5)c5ccc(-c6cccnc6F)cc45)nn3)cc21. The van der Waals surface area contributed by atoms with Crippen molar-refractivity contribution in [3.63, 3.8) is 0 Å². The van der Waals surface area contributed by atoms with Gasteiger partial charge in [-0.15, -0.1) is 5.10 Å². The Labute approximate surface area is 219 Å². The predicted octanol–water partition coefficient (Wildman–Crippen LogP) is 5.39. The second-order valence-electron chi connectivity index (χ2n) is 10.0. The number of fused-ring (bicyclic) bond motifs is 2. The quantitative estimate of drug-likeness (QED) is 0.327. The first-order valence-electron chi connectivity index (χ1n) is 13.2. The van der Waals surface area contributed by atoms with Gasteiger partial charge in [0.1, 0.15) is 11.4 Å². The van der Waals surface area contributed by atoms with Crippen molar-refractivity contribution in [2.75, 3.05) is 13.2 Å². The van der Waals surface area contributed by atoms with Crippen LogP contribution in [0, 0.1) is 5.95 Å². The molecule has 3 aromatic heterocycles. The van der Waals surface area contributed by atoms with Crippen molar-refractivity contribution in [3.05, 3.63) is 78.0 Å². The van der Waals surface area contributed by atoms with Gasteiger partial charge in [0.2, 0.25) is 5.95 Å². The molecule has 38 heavy (non-hydrogen) atoms. The lowest BCUT2D eigenvalue weighted by molar-refractivity contribution is -0.0365. The minimum atomic E-state index is -0.501. The van der Waals surface area contributed by atoms with Crippen LogP contribution in [0.15, 0.2) is 60.9 Å². The third-order valence-corrected chi connectivity index (χ3v) is 7.65. The molecule has 2 atom stereocenters. The Balaban J connectivity index is 1.34. The van der Waals surface area contributed by atoms with Gasteiger partial charge in [-0.25, -0.2) is 14.3 Å². The molecule has 192 valence electrons. The fourth-order valence-electron chi connectivity index (χ4n) is 5.62. The average molecular weight is 510 g/mol. The molecule has 1 saturated heterocycles. The molecular formula is C29H28FN7O. The van der Waals surface area contributed by atoms with Gasteiger partial charge in [-0.3, -0.25) is 0 Å². The van der Waals surface area contributed by atoms with Crippen molar-refractivity contribution < 1.29 is 9.13 Å². The fourth-order valence-corrected chi connectivity index (χ4v) is 5.62. The van der Waals surface area contributed by atoms with Gasteiger partial charge in [0.25, 0.3) is 0 Å². The van der Waals surface area contributed by atoms with Crippen molar-refractivity contribution in [1.82, 2.24) is 35.1 Å². The third-order valence-electron chi connectivity index (χ3n) is 7.65. The van der Waals surface area contributed by atoms with Crippen molar-refractivity contribution in [1.29, 1.82) is 0 Å². The Bertz CT molecular complexity index is 1640. The summed E-state index contributed by atoms with van der Waals surface area (Å²) in [4.78, 5) is 3.83. The third kappa shape index (κ3) is 3.99. The minimum absolute atomic E-state index is 0.148. The van der Waals surface area contributed by atoms with E-state index in [1.54, 1.807) is 16.8 Å². The molecule has 2 aliphatic rings. The zero-order valence-corrected chi connectivity index (χ0v) is 21.1. The Kier molecular flexibility index (Phi) is 5.74. The Morgan fingerprint density at radius 3 is 2.92 bits per heavy atom. The first-order chi connectivity index (χ1) is 18.7. The summed E-state index contributed by atoms with van der Waals surface area (Å²) in [7, 11) is 0. The lowest BCUT2D eigenvalue weighted by Gasteiger charge is -2.24. The number of nitrogens with zero attached hydrogens (tertiary/aromatic N) is 6. The molecule has 0 spiro atoms. The highest BCUT2D eigenvalue weighted by Gasteiger charge is 2.24. The Hall–Kier alpha value is -3.95. The second-order valence-corrected chi connectivity index (χ2v) is 10.0. The van der Waals surface area contributed by atoms with Gasteiger partial charge in [-0.1, -0.05) is 17.3 Å². The van der Waals surface area contributed by atoms with E-state index in [1.807, 2.05) is 29.1 Å². The predicted molar refractivity (Wildman–Crippen MR) is 142 cm³/mol. The van der Waals surface area contributed by atoms with Crippen molar-refractivity contribution in [3.8, 4) is 28.2 Å². The number of pyridine rings is 1. The lowest BCUT2D eigenvalue weighted by Crippen LogP contribution is -2.27. The first-order valence-corrected chi connectivity index (χ1v) is 13.2. The zero-order chi connectivity index (χ0) is 25.6. The molecule has 1 N–H and O–H groups in total. The number of aromatic nitrogens is 6. The fraction of sp³-hybridized carbons (Fsp3) is 0.310. The number of benzene rings is 2. The molecule has 0 aliphatic carbocycles. The molecule has 5 heterocycles. The topological polar surface area (TPSA) is 82.7 Å². The standard InChI is InChI=1S/C29H28FN7O/c1-18-23-16-21(9-7-19(23)11-13-31-18)36-17-25(33-35-36)28-24-15-20(22-5-4-12-32-29(22)30)8-10-26(24)37(34-28)27-6-2-3-14-38-27/h4-5,7-10,12,15-18,27,31H,2-3,6,11,13-14H2,1H3. The van der Waals surface area contributed by atoms with Crippen LogP contribution >= 0.6 is 0 Å². The number of hydrogen-bond donors (Lipinski definition) is 1. The van der Waals surface area contributed by atoms with Crippen LogP contribution in [0.25, 0.3) is 39.1 Å². The molecule has 2 aromatic carbocycles. The van der Waals surface area contributed by atoms with Gasteiger partial charge >= 0.3 is 0 Å². The van der Waals surface area contributed by atoms with Crippen LogP contribution in [-0.4, -0.2) is 42.9 Å². The van der Waals surface area contributed by atoms with Crippen molar-refractivity contribution in [2.24, 2.45) is 0 Å². The maximum atomic E-state index is 14.6. The number of hydrogen-bond acceptors (Lipinski definition) is 6. The first kappa shape index (κ1) is 23.2. The molecule has 7 rings (SSSR count). The normalized spacial score (nSPS) is 19.5. The summed E-state index contributed by atoms with van der Waals surface area (Å²) in [6, 6.07) is 16.1. The van der Waals surface area contributed by atoms with E-state index in [0.29, 0.717) is 29.6 Å². The van der Waals surface area contributed by atoms with Gasteiger partial charge in [-0.2, -0.15) is 9.49 Å². The number of halogens is 1. The summed E-state index contributed by atoms with van der Waals surface area (Å²) < 4.78 is 24.4. The Morgan fingerprint density at radius 2 is 2.05 bits per heavy atom. The second kappa shape index (κ2) is 9.41. The van der Waals surface area contributed by atoms with E-state index in [-0.39, 0.29) is 6.23 Å². The minimum Gasteiger partial charge on any atom is -0.356 e. The van der Waals surface area contributed by atoms with E-state index in [4.69, 9.17) is 9.84 Å². The zero-order valence-electron chi connectivity index (χ0n) is 21.1. The van der Waals surface area contributed by atoms with Crippen LogP contribution in [0.4, 0.5) is 4.39 Å². The molecule has 1 fully saturated rings. The molecule has 0 radical (unpaired) electrons. The van der Waals surface area contributed by atoms with E-state index in [0.717, 1.165) is 54.4 Å². The van der Waals surface area contributed by atoms with Gasteiger partial charge in [0.05, 0.1) is 17.4 Å². The molecule has 8 nitrogen and oxygen atoms in total. The smallest absolute Gasteiger partial charge is 0.220 e. The molecule has 9 heteroatoms. The van der Waals surface area contributed by atoms with Crippen LogP contribution in [0.3, 0.4) is 0 Å². The summed E-state index contributed by atoms with van der Waals surface area (Å²) in [5, 5.41) is 18.4. The summed E-state index contributed by atoms with van der Waals surface area (Å²) in [6.45, 7) is 3.89. The monoisotopic (exact) mass is 509 g/mol. The lowest BCUT2D eigenvalue weighted by atomic mass is 9.95. The maximum Gasteiger partial charge on any atom is 0.220 e. The average Bonchev–Trinajstić information content (AvgIpc) is 3.59. The van der Waals surface area contributed by atoms with Crippen LogP contribution < -0.4 is 5.32 Å². The van der Waals surface area contributed by atoms with Crippen molar-refractivity contribution >= 4 is 10.9 Å². The van der Waals surface area contributed by atoms with Crippen LogP contribution in [-0.2, 0) is 11.2 Å². The van der Waals surface area contributed by atoms with Gasteiger partial charge in [0.15, 0.2) is 6.23 Å². The molecular weight excluding hydrogens is 481 g/mol. The largest absolute Gasteiger partial charge is 0.356 e. The van der Waals surface area contributed by atoms with E-state index < -0.39 is 5.95 Å². The summed E-state index contributed by atoms with van der Waals surface area (Å²) in [5.74, 6) is -0.501. The molecule has 5 aromatic rings. The van der Waals surface area contributed by atoms with Crippen molar-refractivity contribution in [2.45, 2.75) is 44.9 Å². The van der Waals surface area contributed by atoms with Crippen LogP contribution in [0.2, 0.25) is 0 Å².